The summed E-state index contributed by atoms with van der Waals surface area (Å²) in [5.74, 6) is -0.977. The van der Waals surface area contributed by atoms with Crippen LogP contribution < -0.4 is 21.1 Å². The highest BCUT2D eigenvalue weighted by Gasteiger charge is 2.43. The molecule has 1 amide bonds. The van der Waals surface area contributed by atoms with Crippen LogP contribution in [0.5, 0.6) is 5.75 Å². The molecule has 210 valence electrons. The number of halogens is 4. The van der Waals surface area contributed by atoms with Gasteiger partial charge in [-0.2, -0.15) is 0 Å². The molecule has 0 bridgehead atoms. The highest BCUT2D eigenvalue weighted by Crippen LogP contribution is 2.42. The minimum atomic E-state index is -2.81. The average Bonchev–Trinajstić information content (AvgIpc) is 3.34. The molecule has 1 aliphatic rings. The van der Waals surface area contributed by atoms with Crippen LogP contribution in [0, 0.1) is 18.6 Å². The third-order valence-electron chi connectivity index (χ3n) is 6.90. The highest BCUT2D eigenvalue weighted by molar-refractivity contribution is 6.06. The first-order chi connectivity index (χ1) is 18.8. The number of nitrogens with one attached hydrogen (secondary N) is 2. The van der Waals surface area contributed by atoms with Gasteiger partial charge in [0.15, 0.2) is 17.2 Å². The predicted octanol–water partition coefficient (Wildman–Crippen LogP) is 4.58. The molecular weight excluding hydrogens is 530 g/mol. The Balaban J connectivity index is 1.58. The molecule has 1 atom stereocenters. The molecule has 0 saturated carbocycles. The SMILES string of the molecule is Cc1nc2c(OCc3c(F)cccc3F)cccn2c1-c1nc(NCC(C)(N)C(F)F)c2c(n1)NC(=O)C2(C)C. The number of nitrogens with zero attached hydrogens (tertiary/aromatic N) is 4. The van der Waals surface area contributed by atoms with Crippen molar-refractivity contribution in [3.8, 4) is 17.3 Å². The fourth-order valence-corrected chi connectivity index (χ4v) is 4.46. The zero-order valence-electron chi connectivity index (χ0n) is 22.2. The topological polar surface area (TPSA) is 119 Å². The number of ether oxygens (including phenoxy) is 1. The number of anilines is 2. The van der Waals surface area contributed by atoms with E-state index in [0.717, 1.165) is 12.1 Å². The second kappa shape index (κ2) is 9.73. The summed E-state index contributed by atoms with van der Waals surface area (Å²) >= 11 is 0. The summed E-state index contributed by atoms with van der Waals surface area (Å²) in [4.78, 5) is 26.5. The minimum absolute atomic E-state index is 0.150. The molecule has 4 aromatic rings. The first kappa shape index (κ1) is 27.3. The van der Waals surface area contributed by atoms with Crippen molar-refractivity contribution in [1.82, 2.24) is 19.4 Å². The third kappa shape index (κ3) is 4.59. The zero-order chi connectivity index (χ0) is 29.0. The molecule has 0 spiro atoms. The molecule has 0 radical (unpaired) electrons. The maximum Gasteiger partial charge on any atom is 0.257 e. The molecule has 40 heavy (non-hydrogen) atoms. The third-order valence-corrected chi connectivity index (χ3v) is 6.90. The predicted molar refractivity (Wildman–Crippen MR) is 140 cm³/mol. The average molecular weight is 558 g/mol. The summed E-state index contributed by atoms with van der Waals surface area (Å²) in [5.41, 5.74) is 4.33. The molecule has 1 unspecified atom stereocenters. The Kier molecular flexibility index (Phi) is 6.65. The van der Waals surface area contributed by atoms with E-state index in [9.17, 15) is 22.4 Å². The van der Waals surface area contributed by atoms with Gasteiger partial charge < -0.3 is 21.1 Å². The monoisotopic (exact) mass is 557 g/mol. The summed E-state index contributed by atoms with van der Waals surface area (Å²) in [6.07, 6.45) is -1.12. The fourth-order valence-electron chi connectivity index (χ4n) is 4.46. The van der Waals surface area contributed by atoms with Crippen molar-refractivity contribution < 1.29 is 27.1 Å². The number of alkyl halides is 2. The molecule has 4 N–H and O–H groups in total. The van der Waals surface area contributed by atoms with E-state index in [4.69, 9.17) is 10.5 Å². The Morgan fingerprint density at radius 3 is 2.52 bits per heavy atom. The van der Waals surface area contributed by atoms with Crippen molar-refractivity contribution in [2.24, 2.45) is 5.73 Å². The number of hydrogen-bond donors (Lipinski definition) is 3. The van der Waals surface area contributed by atoms with E-state index in [1.807, 2.05) is 0 Å². The first-order valence-corrected chi connectivity index (χ1v) is 12.4. The lowest BCUT2D eigenvalue weighted by molar-refractivity contribution is -0.119. The molecule has 5 rings (SSSR count). The van der Waals surface area contributed by atoms with Crippen molar-refractivity contribution in [3.63, 3.8) is 0 Å². The number of nitrogens with two attached hydrogens (primary N) is 1. The first-order valence-electron chi connectivity index (χ1n) is 12.4. The quantitative estimate of drug-likeness (QED) is 0.271. The molecule has 1 aromatic carbocycles. The van der Waals surface area contributed by atoms with Gasteiger partial charge in [0.05, 0.1) is 27.8 Å². The Morgan fingerprint density at radius 1 is 1.15 bits per heavy atom. The van der Waals surface area contributed by atoms with Crippen LogP contribution >= 0.6 is 0 Å². The summed E-state index contributed by atoms with van der Waals surface area (Å²) in [5, 5.41) is 5.64. The van der Waals surface area contributed by atoms with Crippen LogP contribution in [0.2, 0.25) is 0 Å². The Bertz CT molecular complexity index is 1610. The van der Waals surface area contributed by atoms with Crippen molar-refractivity contribution in [2.45, 2.75) is 51.7 Å². The number of pyridine rings is 1. The number of aromatic nitrogens is 4. The van der Waals surface area contributed by atoms with E-state index in [1.54, 1.807) is 43.5 Å². The van der Waals surface area contributed by atoms with Gasteiger partial charge in [-0.15, -0.1) is 0 Å². The van der Waals surface area contributed by atoms with E-state index in [0.29, 0.717) is 22.6 Å². The van der Waals surface area contributed by atoms with Crippen LogP contribution in [0.4, 0.5) is 29.2 Å². The van der Waals surface area contributed by atoms with Crippen molar-refractivity contribution in [3.05, 3.63) is 65.0 Å². The van der Waals surface area contributed by atoms with Crippen LogP contribution in [-0.2, 0) is 16.8 Å². The van der Waals surface area contributed by atoms with Crippen molar-refractivity contribution in [2.75, 3.05) is 17.2 Å². The van der Waals surface area contributed by atoms with Crippen molar-refractivity contribution in [1.29, 1.82) is 0 Å². The maximum atomic E-state index is 14.1. The van der Waals surface area contributed by atoms with Gasteiger partial charge in [0.25, 0.3) is 6.43 Å². The minimum Gasteiger partial charge on any atom is -0.485 e. The maximum absolute atomic E-state index is 14.1. The molecule has 13 heteroatoms. The molecule has 3 aromatic heterocycles. The number of aryl methyl sites for hydroxylation is 1. The summed E-state index contributed by atoms with van der Waals surface area (Å²) in [6.45, 7) is 5.59. The number of benzene rings is 1. The number of rotatable bonds is 8. The number of hydrogen-bond acceptors (Lipinski definition) is 7. The van der Waals surface area contributed by atoms with E-state index < -0.39 is 29.0 Å². The Labute approximate surface area is 226 Å². The number of carbonyl (C=O) groups is 1. The molecule has 0 fully saturated rings. The summed E-state index contributed by atoms with van der Waals surface area (Å²) < 4.78 is 62.6. The second-order valence-corrected chi connectivity index (χ2v) is 10.5. The largest absolute Gasteiger partial charge is 0.485 e. The molecule has 4 heterocycles. The van der Waals surface area contributed by atoms with E-state index in [-0.39, 0.29) is 47.8 Å². The molecule has 0 aliphatic carbocycles. The number of fused-ring (bicyclic) bond motifs is 2. The number of imidazole rings is 1. The van der Waals surface area contributed by atoms with E-state index in [2.05, 4.69) is 25.6 Å². The Hall–Kier alpha value is -4.26. The highest BCUT2D eigenvalue weighted by atomic mass is 19.3. The van der Waals surface area contributed by atoms with Gasteiger partial charge in [-0.3, -0.25) is 9.20 Å². The smallest absolute Gasteiger partial charge is 0.257 e. The second-order valence-electron chi connectivity index (χ2n) is 10.5. The van der Waals surface area contributed by atoms with Gasteiger partial charge in [0.1, 0.15) is 35.6 Å². The fraction of sp³-hybridized carbons (Fsp3) is 0.333. The van der Waals surface area contributed by atoms with Gasteiger partial charge in [-0.05, 0) is 52.0 Å². The molecule has 9 nitrogen and oxygen atoms in total. The zero-order valence-corrected chi connectivity index (χ0v) is 22.2. The normalized spacial score (nSPS) is 15.7. The molecular formula is C27H27F4N7O2. The van der Waals surface area contributed by atoms with Gasteiger partial charge >= 0.3 is 0 Å². The van der Waals surface area contributed by atoms with Crippen molar-refractivity contribution >= 4 is 23.2 Å². The lowest BCUT2D eigenvalue weighted by Crippen LogP contribution is -2.50. The summed E-state index contributed by atoms with van der Waals surface area (Å²) in [7, 11) is 0. The van der Waals surface area contributed by atoms with Crippen LogP contribution in [0.1, 0.15) is 37.6 Å². The Morgan fingerprint density at radius 2 is 1.85 bits per heavy atom. The lowest BCUT2D eigenvalue weighted by atomic mass is 9.87. The van der Waals surface area contributed by atoms with Gasteiger partial charge in [-0.1, -0.05) is 6.07 Å². The number of amides is 1. The van der Waals surface area contributed by atoms with Gasteiger partial charge in [-0.25, -0.2) is 32.5 Å². The van der Waals surface area contributed by atoms with E-state index >= 15 is 0 Å². The molecule has 0 saturated heterocycles. The van der Waals surface area contributed by atoms with Crippen LogP contribution in [0.15, 0.2) is 36.5 Å². The molecule has 1 aliphatic heterocycles. The van der Waals surface area contributed by atoms with Crippen LogP contribution in [0.3, 0.4) is 0 Å². The summed E-state index contributed by atoms with van der Waals surface area (Å²) in [6, 6.07) is 6.82. The van der Waals surface area contributed by atoms with Gasteiger partial charge in [0, 0.05) is 12.7 Å². The number of carbonyl (C=O) groups excluding carboxylic acids is 1. The van der Waals surface area contributed by atoms with Crippen LogP contribution in [0.25, 0.3) is 17.2 Å². The standard InChI is InChI=1S/C27H27F4N7O2/c1-13-19(38-10-6-9-17(23(38)34-13)40-11-14-15(28)7-5-8-16(14)29)22-35-20(33-12-27(4,32)24(30)31)18-21(36-22)37-25(39)26(18,2)3/h5-10,24H,11-12,32H2,1-4H3,(H2,33,35,36,37,39). The van der Waals surface area contributed by atoms with Crippen LogP contribution in [-0.4, -0.2) is 43.8 Å². The van der Waals surface area contributed by atoms with E-state index in [1.165, 1.54) is 13.0 Å². The lowest BCUT2D eigenvalue weighted by Gasteiger charge is -2.26. The van der Waals surface area contributed by atoms with Gasteiger partial charge in [0.2, 0.25) is 5.91 Å².